The molecule has 8 heteroatoms. The second kappa shape index (κ2) is 11.1. The zero-order chi connectivity index (χ0) is 27.6. The Morgan fingerprint density at radius 2 is 2.02 bits per heavy atom. The van der Waals surface area contributed by atoms with E-state index in [0.29, 0.717) is 22.5 Å². The number of rotatable bonds is 7. The van der Waals surface area contributed by atoms with Crippen molar-refractivity contribution in [3.05, 3.63) is 94.2 Å². The monoisotopic (exact) mass is 536 g/mol. The number of allylic oxidation sites excluding steroid dienone is 4. The lowest BCUT2D eigenvalue weighted by Gasteiger charge is -2.30. The van der Waals surface area contributed by atoms with Crippen LogP contribution < -0.4 is 10.9 Å². The standard InChI is InChI=1S/C32H36N6O2/c1-21-10-12-37(13-11-21)19-23-8-9-29-25(14-23)15-30(36-29)28-16-27(18-33-32(28)40)35-31(39)26-17-34-38(20-26)22(2)24-6-4-3-5-7-24/h4,6-9,14-18,20-22,36H,3,5,10-13,19H2,1-2H3,(H,33,40)(H,35,39)/t22-/m0/s1. The number of nitrogens with one attached hydrogen (secondary N) is 3. The first-order chi connectivity index (χ1) is 19.4. The predicted octanol–water partition coefficient (Wildman–Crippen LogP) is 6.04. The summed E-state index contributed by atoms with van der Waals surface area (Å²) in [6.07, 6.45) is 15.9. The minimum Gasteiger partial charge on any atom is -0.354 e. The predicted molar refractivity (Wildman–Crippen MR) is 159 cm³/mol. The first-order valence-corrected chi connectivity index (χ1v) is 14.2. The number of hydrogen-bond acceptors (Lipinski definition) is 4. The number of aromatic nitrogens is 4. The molecule has 6 rings (SSSR count). The maximum absolute atomic E-state index is 13.0. The Balaban J connectivity index is 1.17. The number of fused-ring (bicyclic) bond motifs is 1. The molecule has 1 atom stereocenters. The van der Waals surface area contributed by atoms with Crippen LogP contribution in [0.5, 0.6) is 0 Å². The van der Waals surface area contributed by atoms with Crippen LogP contribution in [-0.2, 0) is 6.54 Å². The summed E-state index contributed by atoms with van der Waals surface area (Å²) in [4.78, 5) is 34.5. The molecule has 0 radical (unpaired) electrons. The van der Waals surface area contributed by atoms with Gasteiger partial charge < -0.3 is 15.3 Å². The van der Waals surface area contributed by atoms with E-state index in [0.717, 1.165) is 49.3 Å². The fraction of sp³-hybridized carbons (Fsp3) is 0.344. The van der Waals surface area contributed by atoms with Crippen molar-refractivity contribution in [3.63, 3.8) is 0 Å². The van der Waals surface area contributed by atoms with Crippen LogP contribution >= 0.6 is 0 Å². The quantitative estimate of drug-likeness (QED) is 0.268. The summed E-state index contributed by atoms with van der Waals surface area (Å²) in [5, 5.41) is 8.39. The Bertz CT molecular complexity index is 1650. The number of amides is 1. The van der Waals surface area contributed by atoms with Crippen molar-refractivity contribution < 1.29 is 4.79 Å². The molecule has 206 valence electrons. The number of anilines is 1. The van der Waals surface area contributed by atoms with Gasteiger partial charge in [0, 0.05) is 29.8 Å². The highest BCUT2D eigenvalue weighted by Gasteiger charge is 2.18. The maximum Gasteiger partial charge on any atom is 0.258 e. The van der Waals surface area contributed by atoms with Crippen LogP contribution in [-0.4, -0.2) is 43.6 Å². The lowest BCUT2D eigenvalue weighted by molar-refractivity contribution is 0.102. The first-order valence-electron chi connectivity index (χ1n) is 14.2. The molecule has 2 aliphatic rings. The van der Waals surface area contributed by atoms with E-state index in [2.05, 4.69) is 75.6 Å². The molecule has 0 spiro atoms. The largest absolute Gasteiger partial charge is 0.354 e. The molecule has 1 aromatic carbocycles. The Kier molecular flexibility index (Phi) is 7.26. The fourth-order valence-corrected chi connectivity index (χ4v) is 5.63. The first kappa shape index (κ1) is 26.1. The third-order valence-electron chi connectivity index (χ3n) is 8.19. The molecule has 1 amide bonds. The second-order valence-corrected chi connectivity index (χ2v) is 11.2. The number of benzene rings is 1. The van der Waals surface area contributed by atoms with Crippen LogP contribution in [0.4, 0.5) is 5.69 Å². The number of pyridine rings is 1. The highest BCUT2D eigenvalue weighted by molar-refractivity contribution is 6.04. The second-order valence-electron chi connectivity index (χ2n) is 11.2. The zero-order valence-corrected chi connectivity index (χ0v) is 23.1. The van der Waals surface area contributed by atoms with E-state index in [1.54, 1.807) is 23.1 Å². The Labute approximate surface area is 233 Å². The number of carbonyl (C=O) groups excluding carboxylic acids is 1. The average Bonchev–Trinajstić information content (AvgIpc) is 3.63. The van der Waals surface area contributed by atoms with E-state index in [9.17, 15) is 9.59 Å². The van der Waals surface area contributed by atoms with E-state index in [1.165, 1.54) is 30.2 Å². The van der Waals surface area contributed by atoms with E-state index in [4.69, 9.17) is 0 Å². The van der Waals surface area contributed by atoms with Crippen molar-refractivity contribution in [2.45, 2.75) is 52.1 Å². The molecule has 3 aromatic heterocycles. The highest BCUT2D eigenvalue weighted by Crippen LogP contribution is 2.26. The molecule has 4 aromatic rings. The van der Waals surface area contributed by atoms with E-state index in [1.807, 2.05) is 6.07 Å². The smallest absolute Gasteiger partial charge is 0.258 e. The number of likely N-dealkylation sites (tertiary alicyclic amines) is 1. The summed E-state index contributed by atoms with van der Waals surface area (Å²) in [5.74, 6) is 0.533. The van der Waals surface area contributed by atoms with Crippen LogP contribution in [0.15, 0.2) is 77.5 Å². The summed E-state index contributed by atoms with van der Waals surface area (Å²) in [6.45, 7) is 7.62. The van der Waals surface area contributed by atoms with Crippen molar-refractivity contribution in [2.24, 2.45) is 5.92 Å². The topological polar surface area (TPSA) is 98.8 Å². The van der Waals surface area contributed by atoms with E-state index < -0.39 is 0 Å². The number of hydrogen-bond donors (Lipinski definition) is 3. The molecule has 0 bridgehead atoms. The van der Waals surface area contributed by atoms with Gasteiger partial charge in [0.1, 0.15) is 0 Å². The number of piperidine rings is 1. The summed E-state index contributed by atoms with van der Waals surface area (Å²) < 4.78 is 1.80. The van der Waals surface area contributed by atoms with Crippen LogP contribution in [0.3, 0.4) is 0 Å². The summed E-state index contributed by atoms with van der Waals surface area (Å²) >= 11 is 0. The number of aromatic amines is 2. The lowest BCUT2D eigenvalue weighted by Crippen LogP contribution is -2.32. The van der Waals surface area contributed by atoms with Crippen LogP contribution in [0, 0.1) is 5.92 Å². The van der Waals surface area contributed by atoms with Gasteiger partial charge in [0.2, 0.25) is 0 Å². The van der Waals surface area contributed by atoms with Gasteiger partial charge in [-0.15, -0.1) is 0 Å². The van der Waals surface area contributed by atoms with Gasteiger partial charge >= 0.3 is 0 Å². The van der Waals surface area contributed by atoms with Crippen LogP contribution in [0.2, 0.25) is 0 Å². The van der Waals surface area contributed by atoms with Gasteiger partial charge in [-0.25, -0.2) is 0 Å². The molecule has 3 N–H and O–H groups in total. The van der Waals surface area contributed by atoms with Gasteiger partial charge in [0.15, 0.2) is 0 Å². The summed E-state index contributed by atoms with van der Waals surface area (Å²) in [7, 11) is 0. The summed E-state index contributed by atoms with van der Waals surface area (Å²) in [6, 6.07) is 10.2. The Morgan fingerprint density at radius 3 is 2.83 bits per heavy atom. The molecule has 40 heavy (non-hydrogen) atoms. The molecule has 0 saturated carbocycles. The van der Waals surface area contributed by atoms with Crippen molar-refractivity contribution >= 4 is 22.5 Å². The van der Waals surface area contributed by atoms with E-state index in [-0.39, 0.29) is 17.5 Å². The molecule has 0 unspecified atom stereocenters. The maximum atomic E-state index is 13.0. The number of H-pyrrole nitrogens is 2. The van der Waals surface area contributed by atoms with Crippen LogP contribution in [0.1, 0.15) is 61.5 Å². The fourth-order valence-electron chi connectivity index (χ4n) is 5.63. The number of nitrogens with zero attached hydrogens (tertiary/aromatic N) is 3. The molecular formula is C32H36N6O2. The van der Waals surface area contributed by atoms with Crippen molar-refractivity contribution in [2.75, 3.05) is 18.4 Å². The van der Waals surface area contributed by atoms with Gasteiger partial charge in [-0.2, -0.15) is 5.10 Å². The average molecular weight is 537 g/mol. The Hall–Kier alpha value is -4.17. The third kappa shape index (κ3) is 5.58. The minimum absolute atomic E-state index is 0.0452. The molecular weight excluding hydrogens is 500 g/mol. The zero-order valence-electron chi connectivity index (χ0n) is 23.1. The lowest BCUT2D eigenvalue weighted by atomic mass is 9.99. The molecule has 1 fully saturated rings. The van der Waals surface area contributed by atoms with Gasteiger partial charge in [-0.3, -0.25) is 19.2 Å². The van der Waals surface area contributed by atoms with Crippen molar-refractivity contribution in [1.82, 2.24) is 24.6 Å². The summed E-state index contributed by atoms with van der Waals surface area (Å²) in [5.41, 5.74) is 5.38. The Morgan fingerprint density at radius 1 is 1.18 bits per heavy atom. The SMILES string of the molecule is CC1CCN(Cc2ccc3[nH]c(-c4cc(NC(=O)c5cnn([C@@H](C)C6=CCCC=C6)c5)c[nH]c4=O)cc3c2)CC1. The van der Waals surface area contributed by atoms with Gasteiger partial charge in [0.25, 0.3) is 11.5 Å². The molecule has 1 saturated heterocycles. The normalized spacial score (nSPS) is 17.2. The van der Waals surface area contributed by atoms with Gasteiger partial charge in [-0.1, -0.05) is 31.2 Å². The van der Waals surface area contributed by atoms with E-state index >= 15 is 0 Å². The van der Waals surface area contributed by atoms with Gasteiger partial charge in [-0.05, 0) is 87.0 Å². The molecule has 8 nitrogen and oxygen atoms in total. The molecule has 1 aliphatic carbocycles. The van der Waals surface area contributed by atoms with Crippen molar-refractivity contribution in [3.8, 4) is 11.3 Å². The molecule has 1 aliphatic heterocycles. The third-order valence-corrected chi connectivity index (χ3v) is 8.19. The highest BCUT2D eigenvalue weighted by atomic mass is 16.1. The minimum atomic E-state index is -0.280. The van der Waals surface area contributed by atoms with Crippen LogP contribution in [0.25, 0.3) is 22.2 Å². The van der Waals surface area contributed by atoms with Gasteiger partial charge in [0.05, 0.1) is 34.7 Å². The van der Waals surface area contributed by atoms with Crippen molar-refractivity contribution in [1.29, 1.82) is 0 Å². The molecule has 4 heterocycles. The number of carbonyl (C=O) groups is 1.